The number of nitrogens with one attached hydrogen (secondary N) is 1. The summed E-state index contributed by atoms with van der Waals surface area (Å²) in [6.45, 7) is 1.76. The maximum Gasteiger partial charge on any atom is 0.338 e. The minimum Gasteiger partial charge on any atom is -0.466 e. The van der Waals surface area contributed by atoms with E-state index in [1.54, 1.807) is 18.3 Å². The third-order valence-electron chi connectivity index (χ3n) is 4.74. The predicted octanol–water partition coefficient (Wildman–Crippen LogP) is 4.50. The van der Waals surface area contributed by atoms with E-state index in [4.69, 9.17) is 4.74 Å². The van der Waals surface area contributed by atoms with Gasteiger partial charge in [-0.25, -0.2) is 14.6 Å². The highest BCUT2D eigenvalue weighted by Crippen LogP contribution is 2.43. The van der Waals surface area contributed by atoms with Gasteiger partial charge in [-0.1, -0.05) is 15.9 Å². The minimum absolute atomic E-state index is 0.298. The number of carbonyl (C=O) groups is 2. The standard InChI is InChI=1S/C19H18BrN3O3S/c1-10-15(18(24)26-2)16(14-9-27-17(21-14)11-3-4-11)22-19(25)23(10)13-7-5-12(20)6-8-13/h5-9,11,16H,3-4H2,1-2H3,(H,22,25)/t16-/m0/s1. The molecular weight excluding hydrogens is 430 g/mol. The first-order valence-electron chi connectivity index (χ1n) is 8.60. The Labute approximate surface area is 169 Å². The van der Waals surface area contributed by atoms with E-state index in [1.807, 2.05) is 29.6 Å². The van der Waals surface area contributed by atoms with Crippen molar-refractivity contribution in [2.75, 3.05) is 12.0 Å². The Hall–Kier alpha value is -2.19. The Morgan fingerprint density at radius 3 is 2.67 bits per heavy atom. The zero-order valence-electron chi connectivity index (χ0n) is 14.9. The van der Waals surface area contributed by atoms with Gasteiger partial charge < -0.3 is 10.1 Å². The molecule has 1 aliphatic carbocycles. The number of carbonyl (C=O) groups excluding carboxylic acids is 2. The van der Waals surface area contributed by atoms with Gasteiger partial charge in [0.15, 0.2) is 0 Å². The Morgan fingerprint density at radius 2 is 2.04 bits per heavy atom. The van der Waals surface area contributed by atoms with Crippen molar-refractivity contribution in [3.05, 3.63) is 56.1 Å². The lowest BCUT2D eigenvalue weighted by Gasteiger charge is -2.34. The van der Waals surface area contributed by atoms with Gasteiger partial charge in [0.2, 0.25) is 0 Å². The number of benzene rings is 1. The van der Waals surface area contributed by atoms with Gasteiger partial charge in [-0.05, 0) is 44.0 Å². The van der Waals surface area contributed by atoms with Gasteiger partial charge in [-0.15, -0.1) is 11.3 Å². The van der Waals surface area contributed by atoms with Crippen LogP contribution in [0.4, 0.5) is 10.5 Å². The van der Waals surface area contributed by atoms with Gasteiger partial charge in [0, 0.05) is 21.5 Å². The summed E-state index contributed by atoms with van der Waals surface area (Å²) in [5, 5.41) is 5.91. The minimum atomic E-state index is -0.611. The maximum atomic E-state index is 12.9. The number of esters is 1. The number of ether oxygens (including phenoxy) is 1. The Kier molecular flexibility index (Phi) is 4.77. The van der Waals surface area contributed by atoms with Crippen molar-refractivity contribution < 1.29 is 14.3 Å². The molecule has 0 unspecified atom stereocenters. The molecule has 0 bridgehead atoms. The average Bonchev–Trinajstić information content (AvgIpc) is 3.39. The van der Waals surface area contributed by atoms with E-state index >= 15 is 0 Å². The van der Waals surface area contributed by atoms with E-state index in [0.29, 0.717) is 28.6 Å². The molecular formula is C19H18BrN3O3S. The van der Waals surface area contributed by atoms with Crippen molar-refractivity contribution in [1.82, 2.24) is 10.3 Å². The molecule has 0 saturated heterocycles. The molecule has 1 aromatic carbocycles. The van der Waals surface area contributed by atoms with E-state index in [2.05, 4.69) is 26.2 Å². The molecule has 2 amide bonds. The molecule has 1 fully saturated rings. The summed E-state index contributed by atoms with van der Waals surface area (Å²) in [5.41, 5.74) is 2.29. The molecule has 27 heavy (non-hydrogen) atoms. The molecule has 0 spiro atoms. The number of allylic oxidation sites excluding steroid dienone is 1. The fraction of sp³-hybridized carbons (Fsp3) is 0.316. The Bertz CT molecular complexity index is 934. The van der Waals surface area contributed by atoms with Crippen LogP contribution in [-0.4, -0.2) is 24.1 Å². The van der Waals surface area contributed by atoms with Crippen LogP contribution < -0.4 is 10.2 Å². The average molecular weight is 448 g/mol. The number of nitrogens with zero attached hydrogens (tertiary/aromatic N) is 2. The Balaban J connectivity index is 1.77. The van der Waals surface area contributed by atoms with Crippen molar-refractivity contribution in [3.63, 3.8) is 0 Å². The van der Waals surface area contributed by atoms with Gasteiger partial charge >= 0.3 is 12.0 Å². The molecule has 1 aromatic heterocycles. The molecule has 4 rings (SSSR count). The molecule has 2 aliphatic rings. The molecule has 8 heteroatoms. The van der Waals surface area contributed by atoms with Gasteiger partial charge in [0.05, 0.1) is 29.1 Å². The quantitative estimate of drug-likeness (QED) is 0.700. The lowest BCUT2D eigenvalue weighted by atomic mass is 9.99. The fourth-order valence-corrected chi connectivity index (χ4v) is 4.47. The fourth-order valence-electron chi connectivity index (χ4n) is 3.19. The van der Waals surface area contributed by atoms with Crippen LogP contribution in [0.1, 0.15) is 42.4 Å². The SMILES string of the molecule is COC(=O)C1=C(C)N(c2ccc(Br)cc2)C(=O)N[C@H]1c1csc(C2CC2)n1. The highest BCUT2D eigenvalue weighted by atomic mass is 79.9. The summed E-state index contributed by atoms with van der Waals surface area (Å²) in [5.74, 6) is 0.0505. The highest BCUT2D eigenvalue weighted by Gasteiger charge is 2.38. The lowest BCUT2D eigenvalue weighted by molar-refractivity contribution is -0.136. The van der Waals surface area contributed by atoms with Crippen molar-refractivity contribution in [1.29, 1.82) is 0 Å². The summed E-state index contributed by atoms with van der Waals surface area (Å²) in [4.78, 5) is 31.6. The molecule has 1 aliphatic heterocycles. The first kappa shape index (κ1) is 18.2. The number of anilines is 1. The number of amides is 2. The molecule has 140 valence electrons. The molecule has 2 aromatic rings. The number of halogens is 1. The third-order valence-corrected chi connectivity index (χ3v) is 6.29. The Morgan fingerprint density at radius 1 is 1.33 bits per heavy atom. The zero-order valence-corrected chi connectivity index (χ0v) is 17.3. The normalized spacial score (nSPS) is 19.9. The van der Waals surface area contributed by atoms with Gasteiger partial charge in [-0.3, -0.25) is 4.90 Å². The zero-order chi connectivity index (χ0) is 19.1. The molecule has 6 nitrogen and oxygen atoms in total. The summed E-state index contributed by atoms with van der Waals surface area (Å²) >= 11 is 4.97. The van der Waals surface area contributed by atoms with Crippen LogP contribution in [0.25, 0.3) is 0 Å². The number of rotatable bonds is 4. The van der Waals surface area contributed by atoms with Crippen molar-refractivity contribution in [2.45, 2.75) is 31.7 Å². The van der Waals surface area contributed by atoms with Gasteiger partial charge in [0.25, 0.3) is 0 Å². The first-order valence-corrected chi connectivity index (χ1v) is 10.3. The summed E-state index contributed by atoms with van der Waals surface area (Å²) in [6, 6.07) is 6.42. The molecule has 1 saturated carbocycles. The summed E-state index contributed by atoms with van der Waals surface area (Å²) < 4.78 is 5.92. The monoisotopic (exact) mass is 447 g/mol. The molecule has 0 radical (unpaired) electrons. The van der Waals surface area contributed by atoms with E-state index in [-0.39, 0.29) is 6.03 Å². The van der Waals surface area contributed by atoms with Crippen LogP contribution in [0.5, 0.6) is 0 Å². The lowest BCUT2D eigenvalue weighted by Crippen LogP contribution is -2.48. The number of hydrogen-bond donors (Lipinski definition) is 1. The highest BCUT2D eigenvalue weighted by molar-refractivity contribution is 9.10. The van der Waals surface area contributed by atoms with Crippen molar-refractivity contribution >= 4 is 45.0 Å². The van der Waals surface area contributed by atoms with Gasteiger partial charge in [0.1, 0.15) is 6.04 Å². The van der Waals surface area contributed by atoms with Crippen molar-refractivity contribution in [3.8, 4) is 0 Å². The topological polar surface area (TPSA) is 71.5 Å². The smallest absolute Gasteiger partial charge is 0.338 e. The van der Waals surface area contributed by atoms with Crippen molar-refractivity contribution in [2.24, 2.45) is 0 Å². The third kappa shape index (κ3) is 3.39. The van der Waals surface area contributed by atoms with E-state index in [9.17, 15) is 9.59 Å². The van der Waals surface area contributed by atoms with E-state index in [0.717, 1.165) is 22.3 Å². The summed E-state index contributed by atoms with van der Waals surface area (Å²) in [7, 11) is 1.34. The number of methoxy groups -OCH3 is 1. The van der Waals surface area contributed by atoms with Crippen LogP contribution in [0.2, 0.25) is 0 Å². The van der Waals surface area contributed by atoms with E-state index in [1.165, 1.54) is 12.0 Å². The predicted molar refractivity (Wildman–Crippen MR) is 107 cm³/mol. The number of aromatic nitrogens is 1. The maximum absolute atomic E-state index is 12.9. The van der Waals surface area contributed by atoms with Crippen LogP contribution in [0, 0.1) is 0 Å². The summed E-state index contributed by atoms with van der Waals surface area (Å²) in [6.07, 6.45) is 2.31. The van der Waals surface area contributed by atoms with Gasteiger partial charge in [-0.2, -0.15) is 0 Å². The largest absolute Gasteiger partial charge is 0.466 e. The van der Waals surface area contributed by atoms with Crippen LogP contribution in [-0.2, 0) is 9.53 Å². The second-order valence-corrected chi connectivity index (χ2v) is 8.38. The second-order valence-electron chi connectivity index (χ2n) is 6.57. The second kappa shape index (κ2) is 7.09. The van der Waals surface area contributed by atoms with Crippen LogP contribution in [0.3, 0.4) is 0 Å². The number of hydrogen-bond acceptors (Lipinski definition) is 5. The molecule has 2 heterocycles. The number of urea groups is 1. The van der Waals surface area contributed by atoms with E-state index < -0.39 is 12.0 Å². The molecule has 1 atom stereocenters. The van der Waals surface area contributed by atoms with Crippen LogP contribution in [0.15, 0.2) is 45.4 Å². The number of thiazole rings is 1. The van der Waals surface area contributed by atoms with Crippen LogP contribution >= 0.6 is 27.3 Å². The first-order chi connectivity index (χ1) is 13.0. The molecule has 1 N–H and O–H groups in total.